The van der Waals surface area contributed by atoms with Crippen LogP contribution in [-0.4, -0.2) is 50.8 Å². The molecule has 1 fully saturated rings. The van der Waals surface area contributed by atoms with Gasteiger partial charge in [-0.15, -0.1) is 24.0 Å². The topological polar surface area (TPSA) is 71.0 Å². The molecule has 1 aromatic carbocycles. The Hall–Kier alpha value is -2.23. The van der Waals surface area contributed by atoms with E-state index in [0.717, 1.165) is 49.0 Å². The smallest absolute Gasteiger partial charge is 0.213 e. The van der Waals surface area contributed by atoms with E-state index in [1.807, 2.05) is 30.3 Å². The van der Waals surface area contributed by atoms with Crippen LogP contribution in [0.1, 0.15) is 18.9 Å². The molecule has 8 heteroatoms. The highest BCUT2D eigenvalue weighted by Gasteiger charge is 2.25. The van der Waals surface area contributed by atoms with Crippen molar-refractivity contribution in [3.05, 3.63) is 48.2 Å². The minimum atomic E-state index is 0. The van der Waals surface area contributed by atoms with E-state index in [4.69, 9.17) is 14.5 Å². The molecule has 0 amide bonds. The second-order valence-electron chi connectivity index (χ2n) is 6.65. The Morgan fingerprint density at radius 3 is 2.83 bits per heavy atom. The van der Waals surface area contributed by atoms with Crippen molar-refractivity contribution < 1.29 is 9.47 Å². The van der Waals surface area contributed by atoms with Gasteiger partial charge in [-0.2, -0.15) is 0 Å². The Morgan fingerprint density at radius 2 is 2.07 bits per heavy atom. The molecule has 0 spiro atoms. The fraction of sp³-hybridized carbons (Fsp3) is 0.429. The lowest BCUT2D eigenvalue weighted by atomic mass is 10.2. The molecule has 1 aliphatic rings. The lowest BCUT2D eigenvalue weighted by Crippen LogP contribution is -2.44. The first kappa shape index (κ1) is 23.1. The Kier molecular flexibility index (Phi) is 9.30. The first-order valence-corrected chi connectivity index (χ1v) is 9.65. The second-order valence-corrected chi connectivity index (χ2v) is 6.65. The number of guanidine groups is 1. The number of rotatable bonds is 7. The molecule has 3 rings (SSSR count). The van der Waals surface area contributed by atoms with Crippen LogP contribution in [0.15, 0.2) is 47.6 Å². The van der Waals surface area contributed by atoms with Gasteiger partial charge in [0.1, 0.15) is 5.75 Å². The molecule has 1 unspecified atom stereocenters. The number of para-hydroxylation sites is 2. The number of ether oxygens (including phenoxy) is 2. The summed E-state index contributed by atoms with van der Waals surface area (Å²) in [6.07, 6.45) is 2.79. The summed E-state index contributed by atoms with van der Waals surface area (Å²) >= 11 is 0. The zero-order valence-corrected chi connectivity index (χ0v) is 19.6. The lowest BCUT2D eigenvalue weighted by molar-refractivity contribution is 0.397. The van der Waals surface area contributed by atoms with Crippen molar-refractivity contribution in [2.75, 3.05) is 38.8 Å². The third-order valence-electron chi connectivity index (χ3n) is 4.73. The summed E-state index contributed by atoms with van der Waals surface area (Å²) in [5.41, 5.74) is 2.20. The van der Waals surface area contributed by atoms with Gasteiger partial charge in [-0.1, -0.05) is 12.1 Å². The maximum Gasteiger partial charge on any atom is 0.213 e. The van der Waals surface area contributed by atoms with E-state index in [1.54, 1.807) is 20.4 Å². The van der Waals surface area contributed by atoms with Gasteiger partial charge in [-0.05, 0) is 37.1 Å². The molecule has 158 valence electrons. The second kappa shape index (κ2) is 11.7. The number of methoxy groups -OCH3 is 2. The lowest BCUT2D eigenvalue weighted by Gasteiger charge is -2.22. The number of aliphatic imine (C=N–C) groups is 1. The first-order valence-electron chi connectivity index (χ1n) is 9.65. The van der Waals surface area contributed by atoms with Crippen LogP contribution >= 0.6 is 24.0 Å². The highest BCUT2D eigenvalue weighted by Crippen LogP contribution is 2.30. The van der Waals surface area contributed by atoms with Gasteiger partial charge < -0.3 is 25.0 Å². The summed E-state index contributed by atoms with van der Waals surface area (Å²) in [5.74, 6) is 2.34. The molecular formula is C21H30IN5O2. The first-order chi connectivity index (χ1) is 13.7. The van der Waals surface area contributed by atoms with Crippen LogP contribution in [0.25, 0.3) is 0 Å². The third kappa shape index (κ3) is 6.38. The van der Waals surface area contributed by atoms with E-state index in [9.17, 15) is 0 Å². The summed E-state index contributed by atoms with van der Waals surface area (Å²) in [4.78, 5) is 11.2. The number of halogens is 1. The quantitative estimate of drug-likeness (QED) is 0.339. The van der Waals surface area contributed by atoms with Crippen molar-refractivity contribution in [1.82, 2.24) is 15.6 Å². The van der Waals surface area contributed by atoms with E-state index in [1.165, 1.54) is 0 Å². The molecule has 0 saturated carbocycles. The van der Waals surface area contributed by atoms with Gasteiger partial charge in [0.25, 0.3) is 0 Å². The number of hydrogen-bond donors (Lipinski definition) is 2. The Labute approximate surface area is 189 Å². The average molecular weight is 511 g/mol. The van der Waals surface area contributed by atoms with Crippen molar-refractivity contribution in [1.29, 1.82) is 0 Å². The molecule has 1 aliphatic heterocycles. The summed E-state index contributed by atoms with van der Waals surface area (Å²) in [6, 6.07) is 12.4. The summed E-state index contributed by atoms with van der Waals surface area (Å²) in [7, 11) is 3.34. The molecule has 7 nitrogen and oxygen atoms in total. The average Bonchev–Trinajstić information content (AvgIpc) is 3.20. The normalized spacial score (nSPS) is 16.2. The minimum absolute atomic E-state index is 0. The maximum absolute atomic E-state index is 5.51. The van der Waals surface area contributed by atoms with Crippen molar-refractivity contribution in [3.63, 3.8) is 0 Å². The van der Waals surface area contributed by atoms with Gasteiger partial charge >= 0.3 is 0 Å². The van der Waals surface area contributed by atoms with E-state index < -0.39 is 0 Å². The number of nitrogens with one attached hydrogen (secondary N) is 2. The minimum Gasteiger partial charge on any atom is -0.495 e. The fourth-order valence-corrected chi connectivity index (χ4v) is 3.33. The Balaban J connectivity index is 0.00000300. The molecule has 2 aromatic rings. The molecule has 0 radical (unpaired) electrons. The third-order valence-corrected chi connectivity index (χ3v) is 4.73. The molecular weight excluding hydrogens is 481 g/mol. The largest absolute Gasteiger partial charge is 0.495 e. The van der Waals surface area contributed by atoms with Crippen LogP contribution in [0.4, 0.5) is 5.69 Å². The van der Waals surface area contributed by atoms with Crippen molar-refractivity contribution in [3.8, 4) is 11.6 Å². The number of anilines is 1. The van der Waals surface area contributed by atoms with Crippen molar-refractivity contribution in [2.45, 2.75) is 25.9 Å². The molecule has 0 bridgehead atoms. The standard InChI is InChI=1S/C21H29N5O2.HI/c1-4-22-21(24-14-16-9-11-23-20(13-16)28-3)25-17-10-12-26(15-17)18-7-5-6-8-19(18)27-2;/h5-9,11,13,17H,4,10,12,14-15H2,1-3H3,(H2,22,24,25);1H. The van der Waals surface area contributed by atoms with Gasteiger partial charge in [0.15, 0.2) is 5.96 Å². The van der Waals surface area contributed by atoms with Crippen LogP contribution in [0, 0.1) is 0 Å². The summed E-state index contributed by atoms with van der Waals surface area (Å²) in [5, 5.41) is 6.90. The van der Waals surface area contributed by atoms with E-state index >= 15 is 0 Å². The summed E-state index contributed by atoms with van der Waals surface area (Å²) in [6.45, 7) is 5.35. The highest BCUT2D eigenvalue weighted by molar-refractivity contribution is 14.0. The van der Waals surface area contributed by atoms with Crippen LogP contribution in [0.2, 0.25) is 0 Å². The van der Waals surface area contributed by atoms with E-state index in [0.29, 0.717) is 18.5 Å². The zero-order valence-electron chi connectivity index (χ0n) is 17.2. The molecule has 2 N–H and O–H groups in total. The van der Waals surface area contributed by atoms with E-state index in [2.05, 4.69) is 33.5 Å². The number of nitrogens with zero attached hydrogens (tertiary/aromatic N) is 3. The monoisotopic (exact) mass is 511 g/mol. The predicted molar refractivity (Wildman–Crippen MR) is 128 cm³/mol. The highest BCUT2D eigenvalue weighted by atomic mass is 127. The Bertz CT molecular complexity index is 802. The van der Waals surface area contributed by atoms with Gasteiger partial charge in [0.2, 0.25) is 5.88 Å². The molecule has 29 heavy (non-hydrogen) atoms. The molecule has 1 aromatic heterocycles. The van der Waals surface area contributed by atoms with Gasteiger partial charge in [0, 0.05) is 37.9 Å². The van der Waals surface area contributed by atoms with Crippen LogP contribution in [0.5, 0.6) is 11.6 Å². The number of benzene rings is 1. The van der Waals surface area contributed by atoms with Crippen LogP contribution in [0.3, 0.4) is 0 Å². The Morgan fingerprint density at radius 1 is 1.24 bits per heavy atom. The van der Waals surface area contributed by atoms with Crippen LogP contribution < -0.4 is 25.0 Å². The molecule has 2 heterocycles. The maximum atomic E-state index is 5.51. The van der Waals surface area contributed by atoms with Gasteiger partial charge in [0.05, 0.1) is 26.5 Å². The van der Waals surface area contributed by atoms with E-state index in [-0.39, 0.29) is 24.0 Å². The molecule has 1 saturated heterocycles. The van der Waals surface area contributed by atoms with Crippen molar-refractivity contribution in [2.24, 2.45) is 4.99 Å². The molecule has 0 aliphatic carbocycles. The number of aromatic nitrogens is 1. The van der Waals surface area contributed by atoms with Crippen molar-refractivity contribution >= 4 is 35.6 Å². The molecule has 1 atom stereocenters. The SMILES string of the molecule is CCNC(=NCc1ccnc(OC)c1)NC1CCN(c2ccccc2OC)C1.I. The zero-order chi connectivity index (χ0) is 19.8. The fourth-order valence-electron chi connectivity index (χ4n) is 3.33. The summed E-state index contributed by atoms with van der Waals surface area (Å²) < 4.78 is 10.7. The van der Waals surface area contributed by atoms with Gasteiger partial charge in [-0.3, -0.25) is 0 Å². The van der Waals surface area contributed by atoms with Crippen LogP contribution in [-0.2, 0) is 6.54 Å². The van der Waals surface area contributed by atoms with Gasteiger partial charge in [-0.25, -0.2) is 9.98 Å². The number of hydrogen-bond acceptors (Lipinski definition) is 5. The predicted octanol–water partition coefficient (Wildman–Crippen LogP) is 3.05. The number of pyridine rings is 1.